The number of nitrogens with zero attached hydrogens (tertiary/aromatic N) is 2. The average Bonchev–Trinajstić information content (AvgIpc) is 2.90. The number of aromatic nitrogens is 1. The van der Waals surface area contributed by atoms with Crippen molar-refractivity contribution in [2.45, 2.75) is 13.8 Å². The van der Waals surface area contributed by atoms with E-state index >= 15 is 0 Å². The Morgan fingerprint density at radius 2 is 2.22 bits per heavy atom. The molecule has 18 heavy (non-hydrogen) atoms. The van der Waals surface area contributed by atoms with Crippen molar-refractivity contribution in [3.63, 3.8) is 0 Å². The first-order valence-corrected chi connectivity index (χ1v) is 6.36. The molecule has 0 fully saturated rings. The van der Waals surface area contributed by atoms with Gasteiger partial charge in [0.05, 0.1) is 11.3 Å². The van der Waals surface area contributed by atoms with Gasteiger partial charge in [0.25, 0.3) is 5.91 Å². The normalized spacial score (nSPS) is 11.3. The molecule has 0 unspecified atom stereocenters. The van der Waals surface area contributed by atoms with Crippen LogP contribution in [-0.2, 0) is 0 Å². The van der Waals surface area contributed by atoms with E-state index in [0.717, 1.165) is 16.3 Å². The zero-order valence-corrected chi connectivity index (χ0v) is 11.0. The molecule has 0 atom stereocenters. The number of carbonyl (C=O) groups is 1. The number of carbonyl (C=O) groups excluding carboxylic acids is 1. The van der Waals surface area contributed by atoms with Crippen LogP contribution in [0.4, 0.5) is 0 Å². The van der Waals surface area contributed by atoms with Crippen LogP contribution in [0.1, 0.15) is 27.9 Å². The highest BCUT2D eigenvalue weighted by Crippen LogP contribution is 2.09. The second-order valence-electron chi connectivity index (χ2n) is 3.80. The van der Waals surface area contributed by atoms with Crippen LogP contribution < -0.4 is 5.43 Å². The van der Waals surface area contributed by atoms with Crippen molar-refractivity contribution in [3.05, 3.63) is 52.0 Å². The van der Waals surface area contributed by atoms with E-state index in [-0.39, 0.29) is 5.91 Å². The van der Waals surface area contributed by atoms with Crippen molar-refractivity contribution in [1.29, 1.82) is 0 Å². The van der Waals surface area contributed by atoms with Gasteiger partial charge in [0.2, 0.25) is 0 Å². The van der Waals surface area contributed by atoms with Gasteiger partial charge in [-0.3, -0.25) is 9.78 Å². The lowest BCUT2D eigenvalue weighted by atomic mass is 10.2. The SMILES string of the molecule is C/C(=N\NC(=O)c1ccc(C)nc1)c1cccs1. The molecular weight excluding hydrogens is 246 g/mol. The van der Waals surface area contributed by atoms with Gasteiger partial charge in [-0.15, -0.1) is 11.3 Å². The lowest BCUT2D eigenvalue weighted by Crippen LogP contribution is -2.19. The number of hydrogen-bond acceptors (Lipinski definition) is 4. The van der Waals surface area contributed by atoms with Gasteiger partial charge in [-0.05, 0) is 37.4 Å². The first-order valence-electron chi connectivity index (χ1n) is 5.48. The smallest absolute Gasteiger partial charge is 0.267 e. The molecule has 5 heteroatoms. The number of hydrogen-bond donors (Lipinski definition) is 1. The van der Waals surface area contributed by atoms with Gasteiger partial charge in [-0.2, -0.15) is 5.10 Å². The second-order valence-corrected chi connectivity index (χ2v) is 4.75. The lowest BCUT2D eigenvalue weighted by Gasteiger charge is -2.01. The molecule has 0 aromatic carbocycles. The van der Waals surface area contributed by atoms with Crippen molar-refractivity contribution in [2.75, 3.05) is 0 Å². The molecule has 0 aliphatic carbocycles. The summed E-state index contributed by atoms with van der Waals surface area (Å²) in [6, 6.07) is 7.44. The average molecular weight is 259 g/mol. The monoisotopic (exact) mass is 259 g/mol. The van der Waals surface area contributed by atoms with Gasteiger partial charge >= 0.3 is 0 Å². The van der Waals surface area contributed by atoms with Crippen LogP contribution in [0.5, 0.6) is 0 Å². The van der Waals surface area contributed by atoms with Gasteiger partial charge < -0.3 is 0 Å². The van der Waals surface area contributed by atoms with Crippen molar-refractivity contribution in [2.24, 2.45) is 5.10 Å². The molecule has 0 bridgehead atoms. The Hall–Kier alpha value is -2.01. The van der Waals surface area contributed by atoms with Gasteiger partial charge in [0, 0.05) is 16.8 Å². The van der Waals surface area contributed by atoms with E-state index in [4.69, 9.17) is 0 Å². The molecule has 1 N–H and O–H groups in total. The third-order valence-corrected chi connectivity index (χ3v) is 3.36. The van der Waals surface area contributed by atoms with Crippen LogP contribution in [-0.4, -0.2) is 16.6 Å². The minimum atomic E-state index is -0.251. The number of amides is 1. The van der Waals surface area contributed by atoms with Crippen LogP contribution in [0.15, 0.2) is 40.9 Å². The minimum absolute atomic E-state index is 0.251. The van der Waals surface area contributed by atoms with E-state index in [9.17, 15) is 4.79 Å². The Morgan fingerprint density at radius 1 is 1.39 bits per heavy atom. The third kappa shape index (κ3) is 3.01. The Kier molecular flexibility index (Phi) is 3.84. The fraction of sp³-hybridized carbons (Fsp3) is 0.154. The van der Waals surface area contributed by atoms with Gasteiger partial charge in [-0.25, -0.2) is 5.43 Å². The summed E-state index contributed by atoms with van der Waals surface area (Å²) in [6.07, 6.45) is 1.54. The molecule has 2 rings (SSSR count). The first-order chi connectivity index (χ1) is 8.66. The minimum Gasteiger partial charge on any atom is -0.267 e. The highest BCUT2D eigenvalue weighted by Gasteiger charge is 2.05. The highest BCUT2D eigenvalue weighted by atomic mass is 32.1. The van der Waals surface area contributed by atoms with E-state index in [2.05, 4.69) is 15.5 Å². The predicted molar refractivity (Wildman–Crippen MR) is 73.0 cm³/mol. The molecule has 2 aromatic heterocycles. The Balaban J connectivity index is 2.04. The summed E-state index contributed by atoms with van der Waals surface area (Å²) in [5.41, 5.74) is 4.69. The number of hydrazone groups is 1. The van der Waals surface area contributed by atoms with Crippen molar-refractivity contribution < 1.29 is 4.79 Å². The first kappa shape index (κ1) is 12.4. The molecule has 92 valence electrons. The number of aryl methyl sites for hydroxylation is 1. The van der Waals surface area contributed by atoms with Crippen LogP contribution in [0, 0.1) is 6.92 Å². The molecule has 0 saturated heterocycles. The molecule has 0 aliphatic heterocycles. The predicted octanol–water partition coefficient (Wildman–Crippen LogP) is 2.61. The Labute approximate surface area is 109 Å². The van der Waals surface area contributed by atoms with Crippen molar-refractivity contribution >= 4 is 23.0 Å². The van der Waals surface area contributed by atoms with E-state index in [1.807, 2.05) is 31.4 Å². The molecule has 2 heterocycles. The maximum absolute atomic E-state index is 11.8. The summed E-state index contributed by atoms with van der Waals surface area (Å²) in [4.78, 5) is 16.9. The van der Waals surface area contributed by atoms with E-state index < -0.39 is 0 Å². The maximum Gasteiger partial charge on any atom is 0.272 e. The zero-order chi connectivity index (χ0) is 13.0. The second kappa shape index (κ2) is 5.55. The quantitative estimate of drug-likeness (QED) is 0.680. The van der Waals surface area contributed by atoms with Crippen molar-refractivity contribution in [1.82, 2.24) is 10.4 Å². The topological polar surface area (TPSA) is 54.4 Å². The summed E-state index contributed by atoms with van der Waals surface area (Å²) >= 11 is 1.59. The Morgan fingerprint density at radius 3 is 2.83 bits per heavy atom. The summed E-state index contributed by atoms with van der Waals surface area (Å²) in [5, 5.41) is 6.04. The standard InChI is InChI=1S/C13H13N3OS/c1-9-5-6-11(8-14-9)13(17)16-15-10(2)12-4-3-7-18-12/h3-8H,1-2H3,(H,16,17)/b15-10+. The van der Waals surface area contributed by atoms with Gasteiger partial charge in [-0.1, -0.05) is 6.07 Å². The van der Waals surface area contributed by atoms with Crippen LogP contribution >= 0.6 is 11.3 Å². The largest absolute Gasteiger partial charge is 0.272 e. The molecule has 0 saturated carbocycles. The molecule has 0 spiro atoms. The number of pyridine rings is 1. The maximum atomic E-state index is 11.8. The number of rotatable bonds is 3. The van der Waals surface area contributed by atoms with Crippen molar-refractivity contribution in [3.8, 4) is 0 Å². The molecule has 1 amide bonds. The Bertz CT molecular complexity index is 558. The van der Waals surface area contributed by atoms with Crippen LogP contribution in [0.25, 0.3) is 0 Å². The van der Waals surface area contributed by atoms with Crippen LogP contribution in [0.2, 0.25) is 0 Å². The summed E-state index contributed by atoms with van der Waals surface area (Å²) in [6.45, 7) is 3.74. The highest BCUT2D eigenvalue weighted by molar-refractivity contribution is 7.12. The zero-order valence-electron chi connectivity index (χ0n) is 10.2. The fourth-order valence-corrected chi connectivity index (χ4v) is 2.02. The molecule has 4 nitrogen and oxygen atoms in total. The van der Waals surface area contributed by atoms with Gasteiger partial charge in [0.15, 0.2) is 0 Å². The number of thiophene rings is 1. The van der Waals surface area contributed by atoms with E-state index in [1.165, 1.54) is 0 Å². The fourth-order valence-electron chi connectivity index (χ4n) is 1.34. The van der Waals surface area contributed by atoms with Gasteiger partial charge in [0.1, 0.15) is 0 Å². The summed E-state index contributed by atoms with van der Waals surface area (Å²) < 4.78 is 0. The molecule has 0 aliphatic rings. The van der Waals surface area contributed by atoms with Crippen LogP contribution in [0.3, 0.4) is 0 Å². The molecule has 0 radical (unpaired) electrons. The lowest BCUT2D eigenvalue weighted by molar-refractivity contribution is 0.0954. The molecular formula is C13H13N3OS. The van der Waals surface area contributed by atoms with E-state index in [1.54, 1.807) is 29.7 Å². The summed E-state index contributed by atoms with van der Waals surface area (Å²) in [5.74, 6) is -0.251. The summed E-state index contributed by atoms with van der Waals surface area (Å²) in [7, 11) is 0. The van der Waals surface area contributed by atoms with E-state index in [0.29, 0.717) is 5.56 Å². The third-order valence-electron chi connectivity index (χ3n) is 2.38. The molecule has 2 aromatic rings. The number of nitrogens with one attached hydrogen (secondary N) is 1.